The fourth-order valence-corrected chi connectivity index (χ4v) is 4.97. The molecule has 2 heterocycles. The number of aliphatic hydroxyl groups excluding tert-OH is 1. The molecule has 0 spiro atoms. The van der Waals surface area contributed by atoms with E-state index in [0.717, 1.165) is 11.1 Å². The van der Waals surface area contributed by atoms with E-state index in [9.17, 15) is 19.5 Å². The van der Waals surface area contributed by atoms with E-state index in [-0.39, 0.29) is 19.1 Å². The van der Waals surface area contributed by atoms with Gasteiger partial charge in [-0.3, -0.25) is 9.69 Å². The van der Waals surface area contributed by atoms with E-state index in [4.69, 9.17) is 9.47 Å². The molecule has 38 heavy (non-hydrogen) atoms. The monoisotopic (exact) mass is 523 g/mol. The Morgan fingerprint density at radius 3 is 2.50 bits per heavy atom. The van der Waals surface area contributed by atoms with Crippen LogP contribution in [-0.4, -0.2) is 83.9 Å². The van der Waals surface area contributed by atoms with Gasteiger partial charge in [-0.2, -0.15) is 0 Å². The van der Waals surface area contributed by atoms with E-state index in [2.05, 4.69) is 0 Å². The fourth-order valence-electron chi connectivity index (χ4n) is 4.97. The smallest absolute Gasteiger partial charge is 0.410 e. The number of esters is 1. The van der Waals surface area contributed by atoms with Gasteiger partial charge in [0.2, 0.25) is 0 Å². The highest BCUT2D eigenvalue weighted by molar-refractivity contribution is 6.02. The maximum Gasteiger partial charge on any atom is 0.410 e. The molecular weight excluding hydrogens is 486 g/mol. The molecule has 4 rings (SSSR count). The Bertz CT molecular complexity index is 1210. The van der Waals surface area contributed by atoms with Crippen LogP contribution in [0.15, 0.2) is 42.5 Å². The minimum atomic E-state index is -0.995. The molecule has 2 aliphatic heterocycles. The summed E-state index contributed by atoms with van der Waals surface area (Å²) in [7, 11) is 1.86. The number of fused-ring (bicyclic) bond motifs is 2. The van der Waals surface area contributed by atoms with Crippen LogP contribution in [0.1, 0.15) is 59.5 Å². The van der Waals surface area contributed by atoms with Crippen molar-refractivity contribution in [1.29, 1.82) is 0 Å². The Kier molecular flexibility index (Phi) is 7.97. The molecule has 2 atom stereocenters. The number of anilines is 1. The Hall–Kier alpha value is -3.59. The number of aliphatic hydroxyl groups is 1. The van der Waals surface area contributed by atoms with Crippen LogP contribution in [0.3, 0.4) is 0 Å². The number of β-amino-alcohol motifs (C(OH)–C–C–N with tert-alkyl or cyclic N) is 1. The maximum atomic E-state index is 13.6. The van der Waals surface area contributed by atoms with Crippen molar-refractivity contribution < 1.29 is 29.0 Å². The molecule has 0 aliphatic carbocycles. The summed E-state index contributed by atoms with van der Waals surface area (Å²) in [5.74, 6) is -0.675. The Balaban J connectivity index is 1.57. The molecular formula is C29H37N3O6. The van der Waals surface area contributed by atoms with E-state index in [1.165, 1.54) is 0 Å². The summed E-state index contributed by atoms with van der Waals surface area (Å²) in [4.78, 5) is 44.1. The Morgan fingerprint density at radius 1 is 1.11 bits per heavy atom. The van der Waals surface area contributed by atoms with Crippen molar-refractivity contribution in [3.05, 3.63) is 64.7 Å². The lowest BCUT2D eigenvalue weighted by molar-refractivity contribution is -0.0176. The van der Waals surface area contributed by atoms with Crippen LogP contribution in [0, 0.1) is 0 Å². The number of likely N-dealkylation sites (N-methyl/N-ethyl adjacent to an activating group) is 1. The van der Waals surface area contributed by atoms with Crippen molar-refractivity contribution in [3.8, 4) is 0 Å². The van der Waals surface area contributed by atoms with Gasteiger partial charge < -0.3 is 24.4 Å². The topological polar surface area (TPSA) is 99.6 Å². The minimum Gasteiger partial charge on any atom is -0.462 e. The molecule has 0 saturated heterocycles. The van der Waals surface area contributed by atoms with Gasteiger partial charge in [0.1, 0.15) is 5.60 Å². The summed E-state index contributed by atoms with van der Waals surface area (Å²) in [6, 6.07) is 12.2. The second-order valence-corrected chi connectivity index (χ2v) is 10.8. The van der Waals surface area contributed by atoms with Gasteiger partial charge in [0.05, 0.1) is 35.6 Å². The average Bonchev–Trinajstić information content (AvgIpc) is 2.98. The second kappa shape index (κ2) is 11.0. The van der Waals surface area contributed by atoms with Crippen molar-refractivity contribution in [2.75, 3.05) is 38.2 Å². The predicted octanol–water partition coefficient (Wildman–Crippen LogP) is 3.48. The third kappa shape index (κ3) is 5.93. The molecule has 1 N–H and O–H groups in total. The van der Waals surface area contributed by atoms with Crippen molar-refractivity contribution in [2.24, 2.45) is 0 Å². The second-order valence-electron chi connectivity index (χ2n) is 10.8. The first-order valence-electron chi connectivity index (χ1n) is 13.0. The van der Waals surface area contributed by atoms with Gasteiger partial charge in [0, 0.05) is 33.2 Å². The summed E-state index contributed by atoms with van der Waals surface area (Å²) in [6.45, 7) is 8.72. The van der Waals surface area contributed by atoms with Crippen LogP contribution in [0.25, 0.3) is 0 Å². The molecule has 1 unspecified atom stereocenters. The summed E-state index contributed by atoms with van der Waals surface area (Å²) in [5, 5.41) is 11.5. The van der Waals surface area contributed by atoms with Gasteiger partial charge >= 0.3 is 12.1 Å². The van der Waals surface area contributed by atoms with Crippen molar-refractivity contribution in [3.63, 3.8) is 0 Å². The lowest BCUT2D eigenvalue weighted by Crippen LogP contribution is -2.55. The van der Waals surface area contributed by atoms with Crippen LogP contribution < -0.4 is 4.90 Å². The first kappa shape index (κ1) is 27.4. The lowest BCUT2D eigenvalue weighted by Gasteiger charge is -2.41. The molecule has 0 saturated carbocycles. The quantitative estimate of drug-likeness (QED) is 0.599. The summed E-state index contributed by atoms with van der Waals surface area (Å²) in [5.41, 5.74) is 2.87. The number of benzene rings is 2. The van der Waals surface area contributed by atoms with Gasteiger partial charge in [0.15, 0.2) is 0 Å². The SMILES string of the molecule is CCOC(=O)c1ccc2c(c1)N(C)CCN(CC(O)[C@@H]1Cc3ccccc3CN1C(=O)OC(C)(C)C)C2=O. The van der Waals surface area contributed by atoms with E-state index in [1.54, 1.807) is 34.9 Å². The molecule has 2 aliphatic rings. The van der Waals surface area contributed by atoms with Gasteiger partial charge in [-0.1, -0.05) is 24.3 Å². The Labute approximate surface area is 223 Å². The van der Waals surface area contributed by atoms with Gasteiger partial charge in [-0.05, 0) is 63.4 Å². The Morgan fingerprint density at radius 2 is 1.82 bits per heavy atom. The van der Waals surface area contributed by atoms with Gasteiger partial charge in [-0.15, -0.1) is 0 Å². The molecule has 2 aromatic carbocycles. The number of nitrogens with zero attached hydrogens (tertiary/aromatic N) is 3. The van der Waals surface area contributed by atoms with E-state index in [0.29, 0.717) is 42.9 Å². The van der Waals surface area contributed by atoms with Crippen molar-refractivity contribution in [1.82, 2.24) is 9.80 Å². The number of rotatable bonds is 5. The standard InChI is InChI=1S/C29H37N3O6/c1-6-37-27(35)20-11-12-22-23(16-20)30(5)13-14-31(26(22)34)18-25(33)24-15-19-9-7-8-10-21(19)17-32(24)28(36)38-29(2,3)4/h7-12,16,24-25,33H,6,13-15,17-18H2,1-5H3/t24-,25?/m0/s1. The minimum absolute atomic E-state index is 0.0534. The third-order valence-corrected chi connectivity index (χ3v) is 6.91. The van der Waals surface area contributed by atoms with Gasteiger partial charge in [-0.25, -0.2) is 9.59 Å². The summed E-state index contributed by atoms with van der Waals surface area (Å²) >= 11 is 0. The van der Waals surface area contributed by atoms with Crippen molar-refractivity contribution in [2.45, 2.75) is 58.4 Å². The molecule has 0 radical (unpaired) electrons. The van der Waals surface area contributed by atoms with E-state index < -0.39 is 29.8 Å². The van der Waals surface area contributed by atoms with Crippen LogP contribution in [0.5, 0.6) is 0 Å². The largest absolute Gasteiger partial charge is 0.462 e. The number of ether oxygens (including phenoxy) is 2. The van der Waals surface area contributed by atoms with Crippen LogP contribution >= 0.6 is 0 Å². The molecule has 2 aromatic rings. The molecule has 9 nitrogen and oxygen atoms in total. The molecule has 204 valence electrons. The molecule has 9 heteroatoms. The molecule has 0 fully saturated rings. The first-order chi connectivity index (χ1) is 18.0. The highest BCUT2D eigenvalue weighted by atomic mass is 16.6. The highest BCUT2D eigenvalue weighted by Gasteiger charge is 2.38. The van der Waals surface area contributed by atoms with Crippen LogP contribution in [0.2, 0.25) is 0 Å². The number of carbonyl (C=O) groups is 3. The molecule has 2 amide bonds. The number of amides is 2. The fraction of sp³-hybridized carbons (Fsp3) is 0.483. The van der Waals surface area contributed by atoms with E-state index >= 15 is 0 Å². The third-order valence-electron chi connectivity index (χ3n) is 6.91. The molecule has 0 bridgehead atoms. The first-order valence-corrected chi connectivity index (χ1v) is 13.0. The molecule has 0 aromatic heterocycles. The number of hydrogen-bond acceptors (Lipinski definition) is 7. The summed E-state index contributed by atoms with van der Waals surface area (Å²) in [6.07, 6.45) is -1.03. The number of carbonyl (C=O) groups excluding carboxylic acids is 3. The maximum absolute atomic E-state index is 13.6. The summed E-state index contributed by atoms with van der Waals surface area (Å²) < 4.78 is 10.8. The van der Waals surface area contributed by atoms with Crippen LogP contribution in [-0.2, 0) is 22.4 Å². The lowest BCUT2D eigenvalue weighted by atomic mass is 9.91. The highest BCUT2D eigenvalue weighted by Crippen LogP contribution is 2.29. The zero-order chi connectivity index (χ0) is 27.6. The van der Waals surface area contributed by atoms with Crippen molar-refractivity contribution >= 4 is 23.7 Å². The van der Waals surface area contributed by atoms with Gasteiger partial charge in [0.25, 0.3) is 5.91 Å². The van der Waals surface area contributed by atoms with Crippen LogP contribution in [0.4, 0.5) is 10.5 Å². The average molecular weight is 524 g/mol. The van der Waals surface area contributed by atoms with E-state index in [1.807, 2.05) is 57.0 Å². The normalized spacial score (nSPS) is 18.3. The zero-order valence-electron chi connectivity index (χ0n) is 22.8. The zero-order valence-corrected chi connectivity index (χ0v) is 22.8. The number of hydrogen-bond donors (Lipinski definition) is 1. The predicted molar refractivity (Wildman–Crippen MR) is 143 cm³/mol.